The van der Waals surface area contributed by atoms with Gasteiger partial charge in [0.25, 0.3) is 0 Å². The van der Waals surface area contributed by atoms with E-state index in [2.05, 4.69) is 5.10 Å². The maximum atomic E-state index is 10.5. The van der Waals surface area contributed by atoms with Gasteiger partial charge in [-0.05, 0) is 19.9 Å². The number of nitrogens with zero attached hydrogens (tertiary/aromatic N) is 2. The lowest BCUT2D eigenvalue weighted by Gasteiger charge is -2.40. The molecule has 1 aliphatic heterocycles. The third-order valence-corrected chi connectivity index (χ3v) is 2.92. The van der Waals surface area contributed by atoms with E-state index in [1.165, 1.54) is 0 Å². The largest absolute Gasteiger partial charge is 0.383 e. The summed E-state index contributed by atoms with van der Waals surface area (Å²) < 4.78 is 7.31. The number of aryl methyl sites for hydroxylation is 1. The van der Waals surface area contributed by atoms with E-state index in [4.69, 9.17) is 4.74 Å². The van der Waals surface area contributed by atoms with Crippen LogP contribution in [-0.4, -0.2) is 27.1 Å². The van der Waals surface area contributed by atoms with Crippen molar-refractivity contribution in [2.75, 3.05) is 6.61 Å². The standard InChI is InChI=1S/C11H18N2O2/c1-10(2)8-11(14,5-7-15-10)9-4-6-13(3)12-9/h4,6,14H,5,7-8H2,1-3H3. The predicted octanol–water partition coefficient (Wildman–Crippen LogP) is 1.20. The minimum atomic E-state index is -0.830. The maximum Gasteiger partial charge on any atom is 0.113 e. The summed E-state index contributed by atoms with van der Waals surface area (Å²) in [6.07, 6.45) is 3.07. The van der Waals surface area contributed by atoms with Crippen molar-refractivity contribution in [2.45, 2.75) is 37.9 Å². The Morgan fingerprint density at radius 2 is 2.27 bits per heavy atom. The summed E-state index contributed by atoms with van der Waals surface area (Å²) in [6.45, 7) is 4.58. The zero-order valence-corrected chi connectivity index (χ0v) is 9.53. The molecule has 0 aliphatic carbocycles. The third-order valence-electron chi connectivity index (χ3n) is 2.92. The lowest BCUT2D eigenvalue weighted by molar-refractivity contribution is -0.149. The first-order valence-electron chi connectivity index (χ1n) is 5.28. The highest BCUT2D eigenvalue weighted by atomic mass is 16.5. The molecule has 0 spiro atoms. The topological polar surface area (TPSA) is 47.3 Å². The Bertz CT molecular complexity index is 359. The molecule has 4 heteroatoms. The number of ether oxygens (including phenoxy) is 1. The van der Waals surface area contributed by atoms with Gasteiger partial charge in [-0.2, -0.15) is 5.10 Å². The van der Waals surface area contributed by atoms with Crippen LogP contribution in [0.15, 0.2) is 12.3 Å². The van der Waals surface area contributed by atoms with Crippen LogP contribution in [0.1, 0.15) is 32.4 Å². The van der Waals surface area contributed by atoms with Crippen molar-refractivity contribution in [1.29, 1.82) is 0 Å². The van der Waals surface area contributed by atoms with Crippen molar-refractivity contribution in [2.24, 2.45) is 7.05 Å². The van der Waals surface area contributed by atoms with E-state index in [-0.39, 0.29) is 5.60 Å². The fraction of sp³-hybridized carbons (Fsp3) is 0.727. The second-order valence-corrected chi connectivity index (χ2v) is 4.94. The van der Waals surface area contributed by atoms with Crippen molar-refractivity contribution >= 4 is 0 Å². The molecule has 2 rings (SSSR count). The van der Waals surface area contributed by atoms with Crippen LogP contribution in [0.3, 0.4) is 0 Å². The van der Waals surface area contributed by atoms with E-state index in [0.717, 1.165) is 5.69 Å². The van der Waals surface area contributed by atoms with Gasteiger partial charge < -0.3 is 9.84 Å². The van der Waals surface area contributed by atoms with Gasteiger partial charge in [-0.3, -0.25) is 4.68 Å². The van der Waals surface area contributed by atoms with Crippen molar-refractivity contribution in [3.05, 3.63) is 18.0 Å². The second-order valence-electron chi connectivity index (χ2n) is 4.94. The fourth-order valence-corrected chi connectivity index (χ4v) is 2.22. The molecule has 1 aromatic heterocycles. The normalized spacial score (nSPS) is 30.4. The molecule has 1 unspecified atom stereocenters. The van der Waals surface area contributed by atoms with Crippen LogP contribution >= 0.6 is 0 Å². The van der Waals surface area contributed by atoms with Crippen LogP contribution in [0.2, 0.25) is 0 Å². The zero-order valence-electron chi connectivity index (χ0n) is 9.53. The fourth-order valence-electron chi connectivity index (χ4n) is 2.22. The molecule has 0 bridgehead atoms. The van der Waals surface area contributed by atoms with Gasteiger partial charge in [-0.25, -0.2) is 0 Å². The highest BCUT2D eigenvalue weighted by Gasteiger charge is 2.42. The third kappa shape index (κ3) is 2.06. The average Bonchev–Trinajstić information content (AvgIpc) is 2.49. The molecule has 1 atom stereocenters. The molecule has 0 radical (unpaired) electrons. The molecule has 0 saturated carbocycles. The summed E-state index contributed by atoms with van der Waals surface area (Å²) in [5, 5.41) is 14.8. The summed E-state index contributed by atoms with van der Waals surface area (Å²) in [5.74, 6) is 0. The Morgan fingerprint density at radius 3 is 2.80 bits per heavy atom. The first-order chi connectivity index (χ1) is 6.91. The molecular formula is C11H18N2O2. The van der Waals surface area contributed by atoms with Crippen molar-refractivity contribution in [1.82, 2.24) is 9.78 Å². The van der Waals surface area contributed by atoms with Gasteiger partial charge in [-0.15, -0.1) is 0 Å². The number of rotatable bonds is 1. The van der Waals surface area contributed by atoms with E-state index in [1.807, 2.05) is 33.2 Å². The molecule has 0 amide bonds. The SMILES string of the molecule is Cn1ccc(C2(O)CCOC(C)(C)C2)n1. The monoisotopic (exact) mass is 210 g/mol. The molecule has 4 nitrogen and oxygen atoms in total. The van der Waals surface area contributed by atoms with Crippen LogP contribution < -0.4 is 0 Å². The smallest absolute Gasteiger partial charge is 0.113 e. The van der Waals surface area contributed by atoms with Gasteiger partial charge >= 0.3 is 0 Å². The zero-order chi connectivity index (χ0) is 11.1. The highest BCUT2D eigenvalue weighted by Crippen LogP contribution is 2.38. The Hall–Kier alpha value is -0.870. The number of aromatic nitrogens is 2. The quantitative estimate of drug-likeness (QED) is 0.757. The summed E-state index contributed by atoms with van der Waals surface area (Å²) in [6, 6.07) is 1.88. The molecule has 2 heterocycles. The van der Waals surface area contributed by atoms with Gasteiger partial charge in [0, 0.05) is 26.1 Å². The Morgan fingerprint density at radius 1 is 1.53 bits per heavy atom. The molecule has 1 aromatic rings. The minimum absolute atomic E-state index is 0.273. The average molecular weight is 210 g/mol. The Balaban J connectivity index is 2.26. The van der Waals surface area contributed by atoms with E-state index in [9.17, 15) is 5.11 Å². The number of hydrogen-bond acceptors (Lipinski definition) is 3. The molecule has 84 valence electrons. The van der Waals surface area contributed by atoms with Crippen LogP contribution in [-0.2, 0) is 17.4 Å². The van der Waals surface area contributed by atoms with Crippen LogP contribution in [0, 0.1) is 0 Å². The Kier molecular flexibility index (Phi) is 2.35. The lowest BCUT2D eigenvalue weighted by atomic mass is 9.82. The number of hydrogen-bond donors (Lipinski definition) is 1. The van der Waals surface area contributed by atoms with Crippen LogP contribution in [0.4, 0.5) is 0 Å². The molecule has 1 aliphatic rings. The lowest BCUT2D eigenvalue weighted by Crippen LogP contribution is -2.44. The van der Waals surface area contributed by atoms with Gasteiger partial charge in [0.2, 0.25) is 0 Å². The van der Waals surface area contributed by atoms with E-state index in [1.54, 1.807) is 4.68 Å². The molecule has 0 aromatic carbocycles. The van der Waals surface area contributed by atoms with Crippen LogP contribution in [0.25, 0.3) is 0 Å². The number of aliphatic hydroxyl groups is 1. The van der Waals surface area contributed by atoms with E-state index < -0.39 is 5.60 Å². The van der Waals surface area contributed by atoms with Crippen molar-refractivity contribution in [3.63, 3.8) is 0 Å². The maximum absolute atomic E-state index is 10.5. The van der Waals surface area contributed by atoms with Gasteiger partial charge in [0.05, 0.1) is 17.9 Å². The predicted molar refractivity (Wildman–Crippen MR) is 56.4 cm³/mol. The first kappa shape index (κ1) is 10.6. The first-order valence-corrected chi connectivity index (χ1v) is 5.28. The minimum Gasteiger partial charge on any atom is -0.383 e. The molecule has 15 heavy (non-hydrogen) atoms. The molecule has 1 N–H and O–H groups in total. The van der Waals surface area contributed by atoms with Gasteiger partial charge in [-0.1, -0.05) is 0 Å². The van der Waals surface area contributed by atoms with Gasteiger partial charge in [0.1, 0.15) is 5.60 Å². The highest BCUT2D eigenvalue weighted by molar-refractivity contribution is 5.13. The van der Waals surface area contributed by atoms with Crippen molar-refractivity contribution in [3.8, 4) is 0 Å². The summed E-state index contributed by atoms with van der Waals surface area (Å²) in [5.41, 5.74) is -0.352. The second kappa shape index (κ2) is 3.32. The Labute approximate surface area is 89.9 Å². The molecular weight excluding hydrogens is 192 g/mol. The summed E-state index contributed by atoms with van der Waals surface area (Å²) in [7, 11) is 1.86. The van der Waals surface area contributed by atoms with Crippen molar-refractivity contribution < 1.29 is 9.84 Å². The van der Waals surface area contributed by atoms with E-state index in [0.29, 0.717) is 19.4 Å². The molecule has 1 fully saturated rings. The van der Waals surface area contributed by atoms with Crippen LogP contribution in [0.5, 0.6) is 0 Å². The molecule has 1 saturated heterocycles. The summed E-state index contributed by atoms with van der Waals surface area (Å²) >= 11 is 0. The van der Waals surface area contributed by atoms with Gasteiger partial charge in [0.15, 0.2) is 0 Å². The van der Waals surface area contributed by atoms with E-state index >= 15 is 0 Å². The summed E-state index contributed by atoms with van der Waals surface area (Å²) in [4.78, 5) is 0.